The Kier molecular flexibility index (Phi) is 5.21. The zero-order valence-corrected chi connectivity index (χ0v) is 16.6. The van der Waals surface area contributed by atoms with Crippen LogP contribution in [0.25, 0.3) is 22.9 Å². The van der Waals surface area contributed by atoms with Gasteiger partial charge < -0.3 is 13.7 Å². The Balaban J connectivity index is 1.54. The first kappa shape index (κ1) is 18.4. The van der Waals surface area contributed by atoms with E-state index in [0.29, 0.717) is 17.3 Å². The molecule has 4 rings (SSSR count). The van der Waals surface area contributed by atoms with Crippen LogP contribution in [0.15, 0.2) is 62.8 Å². The number of hydrogen-bond acceptors (Lipinski definition) is 7. The summed E-state index contributed by atoms with van der Waals surface area (Å²) in [5, 5.41) is 13.8. The van der Waals surface area contributed by atoms with Gasteiger partial charge in [0.15, 0.2) is 16.7 Å². The first-order valence-electron chi connectivity index (χ1n) is 8.87. The Morgan fingerprint density at radius 3 is 2.61 bits per heavy atom. The van der Waals surface area contributed by atoms with Crippen LogP contribution in [0.5, 0.6) is 5.75 Å². The average molecular weight is 396 g/mol. The van der Waals surface area contributed by atoms with Gasteiger partial charge in [-0.1, -0.05) is 16.9 Å². The molecule has 144 valence electrons. The Bertz CT molecular complexity index is 1040. The third-order valence-corrected chi connectivity index (χ3v) is 5.18. The zero-order chi connectivity index (χ0) is 19.5. The van der Waals surface area contributed by atoms with Gasteiger partial charge in [0.05, 0.1) is 19.1 Å². The molecule has 3 aromatic heterocycles. The molecule has 0 saturated heterocycles. The maximum atomic E-state index is 5.36. The van der Waals surface area contributed by atoms with E-state index in [9.17, 15) is 0 Å². The van der Waals surface area contributed by atoms with Crippen molar-refractivity contribution < 1.29 is 13.7 Å². The highest BCUT2D eigenvalue weighted by molar-refractivity contribution is 7.98. The minimum absolute atomic E-state index is 0.214. The Hall–Kier alpha value is -3.00. The molecule has 1 aromatic carbocycles. The van der Waals surface area contributed by atoms with Crippen molar-refractivity contribution >= 4 is 11.8 Å². The lowest BCUT2D eigenvalue weighted by Gasteiger charge is -2.13. The van der Waals surface area contributed by atoms with E-state index in [0.717, 1.165) is 28.0 Å². The van der Waals surface area contributed by atoms with Crippen LogP contribution in [0, 0.1) is 0 Å². The van der Waals surface area contributed by atoms with Crippen molar-refractivity contribution in [3.8, 4) is 28.7 Å². The monoisotopic (exact) mass is 396 g/mol. The summed E-state index contributed by atoms with van der Waals surface area (Å²) in [7, 11) is 1.65. The van der Waals surface area contributed by atoms with E-state index < -0.39 is 0 Å². The number of methoxy groups -OCH3 is 1. The summed E-state index contributed by atoms with van der Waals surface area (Å²) in [4.78, 5) is 0. The first-order chi connectivity index (χ1) is 13.7. The molecule has 0 bridgehead atoms. The number of nitrogens with zero attached hydrogens (tertiary/aromatic N) is 4. The molecular weight excluding hydrogens is 376 g/mol. The van der Waals surface area contributed by atoms with E-state index in [1.54, 1.807) is 25.1 Å². The van der Waals surface area contributed by atoms with E-state index >= 15 is 0 Å². The lowest BCUT2D eigenvalue weighted by Crippen LogP contribution is -2.05. The molecule has 0 amide bonds. The lowest BCUT2D eigenvalue weighted by atomic mass is 10.2. The molecule has 0 aliphatic carbocycles. The second kappa shape index (κ2) is 7.93. The van der Waals surface area contributed by atoms with Crippen LogP contribution in [0.1, 0.15) is 25.6 Å². The second-order valence-corrected chi connectivity index (χ2v) is 7.39. The van der Waals surface area contributed by atoms with Gasteiger partial charge >= 0.3 is 0 Å². The molecule has 4 aromatic rings. The zero-order valence-electron chi connectivity index (χ0n) is 15.8. The van der Waals surface area contributed by atoms with Gasteiger partial charge in [0, 0.05) is 23.4 Å². The number of ether oxygens (including phenoxy) is 1. The molecule has 0 unspecified atom stereocenters. The number of aromatic nitrogens is 4. The smallest absolute Gasteiger partial charge is 0.202 e. The Morgan fingerprint density at radius 2 is 1.93 bits per heavy atom. The van der Waals surface area contributed by atoms with E-state index in [4.69, 9.17) is 13.7 Å². The predicted octanol–water partition coefficient (Wildman–Crippen LogP) is 5.07. The van der Waals surface area contributed by atoms with Crippen molar-refractivity contribution in [2.45, 2.75) is 30.8 Å². The van der Waals surface area contributed by atoms with Crippen molar-refractivity contribution in [3.05, 3.63) is 54.4 Å². The summed E-state index contributed by atoms with van der Waals surface area (Å²) in [6, 6.07) is 13.6. The molecule has 0 spiro atoms. The van der Waals surface area contributed by atoms with E-state index in [2.05, 4.69) is 33.8 Å². The van der Waals surface area contributed by atoms with Gasteiger partial charge in [0.25, 0.3) is 0 Å². The second-order valence-electron chi connectivity index (χ2n) is 6.45. The van der Waals surface area contributed by atoms with Gasteiger partial charge in [-0.05, 0) is 50.2 Å². The molecule has 0 aliphatic rings. The highest BCUT2D eigenvalue weighted by atomic mass is 32.2. The Morgan fingerprint density at radius 1 is 1.11 bits per heavy atom. The molecular formula is C20H20N4O3S. The standard InChI is InChI=1S/C20H20N4O3S/c1-13(2)24-19(14-6-8-16(25-3)9-7-14)21-22-20(24)28-12-15-11-18(27-23-15)17-5-4-10-26-17/h4-11,13H,12H2,1-3H3. The molecule has 0 saturated carbocycles. The molecule has 0 atom stereocenters. The average Bonchev–Trinajstić information content (AvgIpc) is 3.46. The van der Waals surface area contributed by atoms with Crippen LogP contribution in [0.2, 0.25) is 0 Å². The van der Waals surface area contributed by atoms with Crippen molar-refractivity contribution in [2.75, 3.05) is 7.11 Å². The summed E-state index contributed by atoms with van der Waals surface area (Å²) >= 11 is 1.57. The maximum absolute atomic E-state index is 5.36. The van der Waals surface area contributed by atoms with E-state index in [1.165, 1.54) is 0 Å². The van der Waals surface area contributed by atoms with E-state index in [-0.39, 0.29) is 6.04 Å². The minimum Gasteiger partial charge on any atom is -0.497 e. The summed E-state index contributed by atoms with van der Waals surface area (Å²) in [6.45, 7) is 4.23. The van der Waals surface area contributed by atoms with Crippen molar-refractivity contribution in [1.29, 1.82) is 0 Å². The summed E-state index contributed by atoms with van der Waals surface area (Å²) < 4.78 is 18.1. The van der Waals surface area contributed by atoms with Crippen LogP contribution in [0.3, 0.4) is 0 Å². The predicted molar refractivity (Wildman–Crippen MR) is 106 cm³/mol. The molecule has 0 N–H and O–H groups in total. The summed E-state index contributed by atoms with van der Waals surface area (Å²) in [5.41, 5.74) is 1.82. The highest BCUT2D eigenvalue weighted by Gasteiger charge is 2.18. The van der Waals surface area contributed by atoms with Gasteiger partial charge in [0.1, 0.15) is 5.75 Å². The normalized spacial score (nSPS) is 11.3. The lowest BCUT2D eigenvalue weighted by molar-refractivity contribution is 0.413. The highest BCUT2D eigenvalue weighted by Crippen LogP contribution is 2.31. The summed E-state index contributed by atoms with van der Waals surface area (Å²) in [5.74, 6) is 3.54. The number of rotatable bonds is 7. The quantitative estimate of drug-likeness (QED) is 0.403. The van der Waals surface area contributed by atoms with Crippen molar-refractivity contribution in [1.82, 2.24) is 19.9 Å². The molecule has 0 aliphatic heterocycles. The van der Waals surface area contributed by atoms with Gasteiger partial charge in [-0.2, -0.15) is 0 Å². The van der Waals surface area contributed by atoms with E-state index in [1.807, 2.05) is 42.5 Å². The van der Waals surface area contributed by atoms with Gasteiger partial charge in [0.2, 0.25) is 5.76 Å². The molecule has 8 heteroatoms. The van der Waals surface area contributed by atoms with Crippen LogP contribution in [-0.2, 0) is 5.75 Å². The topological polar surface area (TPSA) is 79.1 Å². The SMILES string of the molecule is COc1ccc(-c2nnc(SCc3cc(-c4ccco4)on3)n2C(C)C)cc1. The Labute approximate surface area is 166 Å². The van der Waals surface area contributed by atoms with Crippen LogP contribution < -0.4 is 4.74 Å². The van der Waals surface area contributed by atoms with Gasteiger partial charge in [-0.25, -0.2) is 0 Å². The fourth-order valence-corrected chi connectivity index (χ4v) is 3.78. The molecule has 28 heavy (non-hydrogen) atoms. The van der Waals surface area contributed by atoms with Gasteiger partial charge in [-0.15, -0.1) is 10.2 Å². The maximum Gasteiger partial charge on any atom is 0.202 e. The molecule has 7 nitrogen and oxygen atoms in total. The van der Waals surface area contributed by atoms with Crippen LogP contribution in [-0.4, -0.2) is 27.0 Å². The van der Waals surface area contributed by atoms with Crippen LogP contribution in [0.4, 0.5) is 0 Å². The largest absolute Gasteiger partial charge is 0.497 e. The minimum atomic E-state index is 0.214. The summed E-state index contributed by atoms with van der Waals surface area (Å²) in [6.07, 6.45) is 1.61. The first-order valence-corrected chi connectivity index (χ1v) is 9.86. The van der Waals surface area contributed by atoms with Crippen molar-refractivity contribution in [2.24, 2.45) is 0 Å². The molecule has 0 radical (unpaired) electrons. The molecule has 0 fully saturated rings. The fourth-order valence-electron chi connectivity index (χ4n) is 2.83. The number of furan rings is 1. The number of hydrogen-bond donors (Lipinski definition) is 0. The molecule has 3 heterocycles. The van der Waals surface area contributed by atoms with Crippen LogP contribution >= 0.6 is 11.8 Å². The van der Waals surface area contributed by atoms with Crippen molar-refractivity contribution in [3.63, 3.8) is 0 Å². The number of benzene rings is 1. The fraction of sp³-hybridized carbons (Fsp3) is 0.250. The number of thioether (sulfide) groups is 1. The van der Waals surface area contributed by atoms with Gasteiger partial charge in [-0.3, -0.25) is 4.57 Å². The third kappa shape index (κ3) is 3.68. The third-order valence-electron chi connectivity index (χ3n) is 4.20.